The highest BCUT2D eigenvalue weighted by atomic mass is 16.5. The fraction of sp³-hybridized carbons (Fsp3) is 0.278. The molecule has 8 heteroatoms. The number of carbonyl (C=O) groups excluding carboxylic acids is 1. The van der Waals surface area contributed by atoms with Crippen molar-refractivity contribution in [1.82, 2.24) is 25.2 Å². The second kappa shape index (κ2) is 8.70. The number of aromatic nitrogens is 5. The first-order valence-corrected chi connectivity index (χ1v) is 8.49. The van der Waals surface area contributed by atoms with Gasteiger partial charge in [0.25, 0.3) is 5.91 Å². The van der Waals surface area contributed by atoms with Gasteiger partial charge in [-0.05, 0) is 47.2 Å². The molecule has 0 aliphatic rings. The quantitative estimate of drug-likeness (QED) is 0.626. The molecule has 26 heavy (non-hydrogen) atoms. The topological polar surface area (TPSA) is 94.8 Å². The van der Waals surface area contributed by atoms with Crippen LogP contribution in [0.5, 0.6) is 5.75 Å². The van der Waals surface area contributed by atoms with E-state index < -0.39 is 0 Å². The fourth-order valence-corrected chi connectivity index (χ4v) is 2.41. The molecule has 1 N–H and O–H groups in total. The number of benzene rings is 1. The number of anilines is 1. The molecule has 0 bridgehead atoms. The van der Waals surface area contributed by atoms with Crippen LogP contribution in [0.15, 0.2) is 49.1 Å². The van der Waals surface area contributed by atoms with E-state index in [1.165, 1.54) is 11.0 Å². The first-order chi connectivity index (χ1) is 12.8. The Morgan fingerprint density at radius 3 is 2.77 bits per heavy atom. The Balaban J connectivity index is 1.79. The van der Waals surface area contributed by atoms with E-state index in [0.29, 0.717) is 29.3 Å². The summed E-state index contributed by atoms with van der Waals surface area (Å²) in [6.07, 6.45) is 7.86. The molecule has 0 atom stereocenters. The third-order valence-corrected chi connectivity index (χ3v) is 3.76. The number of pyridine rings is 1. The summed E-state index contributed by atoms with van der Waals surface area (Å²) >= 11 is 0. The van der Waals surface area contributed by atoms with E-state index in [-0.39, 0.29) is 5.91 Å². The van der Waals surface area contributed by atoms with Crippen LogP contribution < -0.4 is 10.1 Å². The van der Waals surface area contributed by atoms with E-state index in [1.807, 2.05) is 6.07 Å². The van der Waals surface area contributed by atoms with Crippen LogP contribution in [0.4, 0.5) is 5.69 Å². The second-order valence-electron chi connectivity index (χ2n) is 5.68. The molecule has 0 radical (unpaired) electrons. The summed E-state index contributed by atoms with van der Waals surface area (Å²) in [4.78, 5) is 16.2. The molecular formula is C18H20N6O2. The number of rotatable bonds is 8. The van der Waals surface area contributed by atoms with Crippen molar-refractivity contribution in [2.45, 2.75) is 26.2 Å². The largest absolute Gasteiger partial charge is 0.491 e. The van der Waals surface area contributed by atoms with E-state index in [2.05, 4.69) is 32.7 Å². The third kappa shape index (κ3) is 4.41. The van der Waals surface area contributed by atoms with Crippen molar-refractivity contribution < 1.29 is 9.53 Å². The molecule has 0 saturated carbocycles. The van der Waals surface area contributed by atoms with Crippen molar-refractivity contribution in [3.8, 4) is 11.4 Å². The van der Waals surface area contributed by atoms with Crippen LogP contribution in [-0.2, 0) is 0 Å². The highest BCUT2D eigenvalue weighted by molar-refractivity contribution is 6.04. The maximum Gasteiger partial charge on any atom is 0.255 e. The third-order valence-electron chi connectivity index (χ3n) is 3.76. The van der Waals surface area contributed by atoms with Crippen molar-refractivity contribution in [2.24, 2.45) is 0 Å². The molecule has 0 aliphatic carbocycles. The lowest BCUT2D eigenvalue weighted by Crippen LogP contribution is -2.12. The Bertz CT molecular complexity index is 836. The molecule has 0 fully saturated rings. The number of carbonyl (C=O) groups is 1. The average molecular weight is 352 g/mol. The summed E-state index contributed by atoms with van der Waals surface area (Å²) in [5.41, 5.74) is 1.82. The lowest BCUT2D eigenvalue weighted by molar-refractivity contribution is 0.102. The van der Waals surface area contributed by atoms with Crippen LogP contribution in [0.2, 0.25) is 0 Å². The highest BCUT2D eigenvalue weighted by Gasteiger charge is 2.11. The number of hydrogen-bond donors (Lipinski definition) is 1. The first kappa shape index (κ1) is 17.5. The number of amides is 1. The van der Waals surface area contributed by atoms with Gasteiger partial charge in [0.15, 0.2) is 0 Å². The van der Waals surface area contributed by atoms with Gasteiger partial charge in [0, 0.05) is 23.6 Å². The van der Waals surface area contributed by atoms with Crippen LogP contribution in [0.25, 0.3) is 5.69 Å². The monoisotopic (exact) mass is 352 g/mol. The Kier molecular flexibility index (Phi) is 5.87. The maximum atomic E-state index is 12.3. The van der Waals surface area contributed by atoms with Crippen LogP contribution in [0, 0.1) is 0 Å². The first-order valence-electron chi connectivity index (χ1n) is 8.49. The molecule has 0 aliphatic heterocycles. The molecule has 0 unspecified atom stereocenters. The van der Waals surface area contributed by atoms with Crippen molar-refractivity contribution >= 4 is 11.6 Å². The summed E-state index contributed by atoms with van der Waals surface area (Å²) in [5, 5.41) is 14.1. The van der Waals surface area contributed by atoms with E-state index in [1.54, 1.807) is 36.7 Å². The molecule has 0 saturated heterocycles. The molecule has 3 aromatic rings. The zero-order valence-electron chi connectivity index (χ0n) is 14.5. The summed E-state index contributed by atoms with van der Waals surface area (Å²) in [7, 11) is 0. The van der Waals surface area contributed by atoms with Gasteiger partial charge in [0.05, 0.1) is 6.61 Å². The van der Waals surface area contributed by atoms with Gasteiger partial charge in [0.2, 0.25) is 0 Å². The Morgan fingerprint density at radius 1 is 1.19 bits per heavy atom. The van der Waals surface area contributed by atoms with Crippen molar-refractivity contribution in [2.75, 3.05) is 11.9 Å². The summed E-state index contributed by atoms with van der Waals surface area (Å²) in [6, 6.07) is 8.70. The minimum absolute atomic E-state index is 0.216. The van der Waals surface area contributed by atoms with Gasteiger partial charge in [-0.2, -0.15) is 4.68 Å². The van der Waals surface area contributed by atoms with Crippen LogP contribution in [0.1, 0.15) is 36.5 Å². The van der Waals surface area contributed by atoms with E-state index in [0.717, 1.165) is 19.3 Å². The highest BCUT2D eigenvalue weighted by Crippen LogP contribution is 2.26. The average Bonchev–Trinajstić information content (AvgIpc) is 3.21. The van der Waals surface area contributed by atoms with Gasteiger partial charge < -0.3 is 10.1 Å². The van der Waals surface area contributed by atoms with E-state index in [9.17, 15) is 4.79 Å². The zero-order valence-corrected chi connectivity index (χ0v) is 14.5. The number of unbranched alkanes of at least 4 members (excludes halogenated alkanes) is 2. The van der Waals surface area contributed by atoms with Gasteiger partial charge in [-0.3, -0.25) is 9.78 Å². The SMILES string of the molecule is CCCCCOc1ccc(NC(=O)c2ccncc2)cc1-n1cnnn1. The number of nitrogens with zero attached hydrogens (tertiary/aromatic N) is 5. The number of nitrogens with one attached hydrogen (secondary N) is 1. The fourth-order valence-electron chi connectivity index (χ4n) is 2.41. The molecule has 134 valence electrons. The minimum Gasteiger partial charge on any atom is -0.491 e. The van der Waals surface area contributed by atoms with Gasteiger partial charge in [0.1, 0.15) is 17.8 Å². The maximum absolute atomic E-state index is 12.3. The molecule has 0 spiro atoms. The van der Waals surface area contributed by atoms with E-state index in [4.69, 9.17) is 4.74 Å². The van der Waals surface area contributed by atoms with Crippen LogP contribution >= 0.6 is 0 Å². The smallest absolute Gasteiger partial charge is 0.255 e. The Hall–Kier alpha value is -3.29. The summed E-state index contributed by atoms with van der Waals surface area (Å²) < 4.78 is 7.38. The molecule has 8 nitrogen and oxygen atoms in total. The van der Waals surface area contributed by atoms with Crippen LogP contribution in [0.3, 0.4) is 0 Å². The standard InChI is InChI=1S/C18H20N6O2/c1-2-3-4-11-26-17-6-5-15(12-16(17)24-13-20-22-23-24)21-18(25)14-7-9-19-10-8-14/h5-10,12-13H,2-4,11H2,1H3,(H,21,25). The lowest BCUT2D eigenvalue weighted by Gasteiger charge is -2.13. The van der Waals surface area contributed by atoms with Gasteiger partial charge in [-0.25, -0.2) is 0 Å². The molecule has 3 rings (SSSR count). The Morgan fingerprint density at radius 2 is 2.04 bits per heavy atom. The molecule has 1 aromatic carbocycles. The van der Waals surface area contributed by atoms with Crippen LogP contribution in [-0.4, -0.2) is 37.7 Å². The predicted octanol–water partition coefficient (Wildman–Crippen LogP) is 2.88. The number of hydrogen-bond acceptors (Lipinski definition) is 6. The molecular weight excluding hydrogens is 332 g/mol. The van der Waals surface area contributed by atoms with Gasteiger partial charge in [-0.15, -0.1) is 5.10 Å². The van der Waals surface area contributed by atoms with Crippen molar-refractivity contribution in [3.63, 3.8) is 0 Å². The number of tetrazole rings is 1. The van der Waals surface area contributed by atoms with Gasteiger partial charge >= 0.3 is 0 Å². The predicted molar refractivity (Wildman–Crippen MR) is 96.4 cm³/mol. The molecule has 1 amide bonds. The number of ether oxygens (including phenoxy) is 1. The minimum atomic E-state index is -0.216. The molecule has 2 heterocycles. The lowest BCUT2D eigenvalue weighted by atomic mass is 10.2. The summed E-state index contributed by atoms with van der Waals surface area (Å²) in [5.74, 6) is 0.446. The summed E-state index contributed by atoms with van der Waals surface area (Å²) in [6.45, 7) is 2.76. The van der Waals surface area contributed by atoms with E-state index >= 15 is 0 Å². The normalized spacial score (nSPS) is 10.5. The van der Waals surface area contributed by atoms with Crippen molar-refractivity contribution in [3.05, 3.63) is 54.6 Å². The molecule has 2 aromatic heterocycles. The van der Waals surface area contributed by atoms with Gasteiger partial charge in [-0.1, -0.05) is 19.8 Å². The zero-order chi connectivity index (χ0) is 18.2. The van der Waals surface area contributed by atoms with Crippen molar-refractivity contribution in [1.29, 1.82) is 0 Å². The second-order valence-corrected chi connectivity index (χ2v) is 5.68. The Labute approximate surface area is 151 Å².